The second kappa shape index (κ2) is 7.04. The zero-order chi connectivity index (χ0) is 19.0. The molecule has 1 saturated heterocycles. The van der Waals surface area contributed by atoms with Gasteiger partial charge < -0.3 is 0 Å². The fourth-order valence-corrected chi connectivity index (χ4v) is 3.77. The van der Waals surface area contributed by atoms with Crippen LogP contribution in [0.15, 0.2) is 66.9 Å². The fourth-order valence-electron chi connectivity index (χ4n) is 3.65. The molecule has 2 aromatic carbocycles. The highest BCUT2D eigenvalue weighted by atomic mass is 35.5. The van der Waals surface area contributed by atoms with Gasteiger partial charge in [0.25, 0.3) is 0 Å². The number of nitrogens with zero attached hydrogens (tertiary/aromatic N) is 2. The predicted octanol–water partition coefficient (Wildman–Crippen LogP) is 5.76. The first kappa shape index (κ1) is 18.1. The number of halogens is 2. The number of hydrogen-bond donors (Lipinski definition) is 0. The van der Waals surface area contributed by atoms with Gasteiger partial charge in [-0.3, -0.25) is 9.82 Å². The zero-order valence-corrected chi connectivity index (χ0v) is 15.9. The SMILES string of the molecule is CN1OC(c2ccc(Cl)cc2)CC1(C)c1cccnc1-c1ccc(F)cc1. The van der Waals surface area contributed by atoms with E-state index in [1.165, 1.54) is 12.1 Å². The first-order valence-electron chi connectivity index (χ1n) is 8.85. The highest BCUT2D eigenvalue weighted by Crippen LogP contribution is 2.47. The Labute approximate surface area is 163 Å². The van der Waals surface area contributed by atoms with Crippen LogP contribution in [0.2, 0.25) is 5.02 Å². The third-order valence-electron chi connectivity index (χ3n) is 5.31. The minimum absolute atomic E-state index is 0.0708. The van der Waals surface area contributed by atoms with Crippen LogP contribution in [-0.2, 0) is 10.4 Å². The van der Waals surface area contributed by atoms with E-state index in [2.05, 4.69) is 18.0 Å². The number of rotatable bonds is 3. The van der Waals surface area contributed by atoms with E-state index >= 15 is 0 Å². The van der Waals surface area contributed by atoms with Crippen molar-refractivity contribution in [3.05, 3.63) is 88.8 Å². The summed E-state index contributed by atoms with van der Waals surface area (Å²) in [7, 11) is 1.94. The summed E-state index contributed by atoms with van der Waals surface area (Å²) in [6, 6.07) is 18.2. The summed E-state index contributed by atoms with van der Waals surface area (Å²) in [5.74, 6) is -0.258. The Hall–Kier alpha value is -2.27. The van der Waals surface area contributed by atoms with Gasteiger partial charge in [0.2, 0.25) is 0 Å². The predicted molar refractivity (Wildman–Crippen MR) is 105 cm³/mol. The maximum absolute atomic E-state index is 13.4. The minimum atomic E-state index is -0.373. The molecule has 0 aliphatic carbocycles. The molecule has 1 aromatic heterocycles. The Morgan fingerprint density at radius 3 is 2.52 bits per heavy atom. The van der Waals surface area contributed by atoms with Gasteiger partial charge in [-0.15, -0.1) is 0 Å². The molecule has 0 N–H and O–H groups in total. The molecular formula is C22H20ClFN2O. The van der Waals surface area contributed by atoms with Crippen LogP contribution in [0, 0.1) is 5.82 Å². The van der Waals surface area contributed by atoms with Gasteiger partial charge in [-0.05, 0) is 55.0 Å². The van der Waals surface area contributed by atoms with E-state index in [0.29, 0.717) is 5.02 Å². The molecule has 1 fully saturated rings. The monoisotopic (exact) mass is 382 g/mol. The standard InChI is InChI=1S/C22H20ClFN2O/c1-22(14-20(27-26(22)2)15-5-9-17(23)10-6-15)19-4-3-13-25-21(19)16-7-11-18(24)12-8-16/h3-13,20H,14H2,1-2H3. The lowest BCUT2D eigenvalue weighted by Gasteiger charge is -2.31. The Morgan fingerprint density at radius 1 is 1.11 bits per heavy atom. The molecule has 0 saturated carbocycles. The molecule has 4 rings (SSSR count). The van der Waals surface area contributed by atoms with Gasteiger partial charge in [0.1, 0.15) is 11.9 Å². The van der Waals surface area contributed by atoms with Crippen molar-refractivity contribution in [1.29, 1.82) is 0 Å². The molecule has 0 radical (unpaired) electrons. The molecule has 1 aliphatic heterocycles. The van der Waals surface area contributed by atoms with Crippen LogP contribution in [0.5, 0.6) is 0 Å². The minimum Gasteiger partial charge on any atom is -0.290 e. The van der Waals surface area contributed by atoms with Crippen molar-refractivity contribution >= 4 is 11.6 Å². The van der Waals surface area contributed by atoms with E-state index in [9.17, 15) is 4.39 Å². The number of benzene rings is 2. The lowest BCUT2D eigenvalue weighted by Crippen LogP contribution is -2.35. The zero-order valence-electron chi connectivity index (χ0n) is 15.2. The molecule has 1 aliphatic rings. The van der Waals surface area contributed by atoms with E-state index in [0.717, 1.165) is 28.8 Å². The molecule has 3 nitrogen and oxygen atoms in total. The average Bonchev–Trinajstić information content (AvgIpc) is 2.99. The lowest BCUT2D eigenvalue weighted by atomic mass is 9.83. The Balaban J connectivity index is 1.72. The smallest absolute Gasteiger partial charge is 0.123 e. The van der Waals surface area contributed by atoms with Crippen LogP contribution in [0.25, 0.3) is 11.3 Å². The molecule has 0 amide bonds. The van der Waals surface area contributed by atoms with Crippen LogP contribution >= 0.6 is 11.6 Å². The summed E-state index contributed by atoms with van der Waals surface area (Å²) < 4.78 is 13.4. The van der Waals surface area contributed by atoms with E-state index in [1.807, 2.05) is 42.4 Å². The number of hydroxylamine groups is 2. The molecule has 0 bridgehead atoms. The normalized spacial score (nSPS) is 22.9. The molecule has 138 valence electrons. The van der Waals surface area contributed by atoms with Crippen molar-refractivity contribution in [1.82, 2.24) is 10.0 Å². The summed E-state index contributed by atoms with van der Waals surface area (Å²) in [6.07, 6.45) is 2.46. The van der Waals surface area contributed by atoms with Crippen molar-refractivity contribution in [2.75, 3.05) is 7.05 Å². The van der Waals surface area contributed by atoms with Gasteiger partial charge in [-0.25, -0.2) is 4.39 Å². The van der Waals surface area contributed by atoms with Crippen LogP contribution in [0.3, 0.4) is 0 Å². The highest BCUT2D eigenvalue weighted by molar-refractivity contribution is 6.30. The number of hydrogen-bond acceptors (Lipinski definition) is 3. The highest BCUT2D eigenvalue weighted by Gasteiger charge is 2.44. The molecule has 3 aromatic rings. The van der Waals surface area contributed by atoms with Crippen LogP contribution in [0.1, 0.15) is 30.6 Å². The van der Waals surface area contributed by atoms with Crippen molar-refractivity contribution < 1.29 is 9.23 Å². The molecule has 2 heterocycles. The first-order chi connectivity index (χ1) is 13.0. The summed E-state index contributed by atoms with van der Waals surface area (Å²) in [5.41, 5.74) is 3.49. The quantitative estimate of drug-likeness (QED) is 0.575. The maximum Gasteiger partial charge on any atom is 0.123 e. The fraction of sp³-hybridized carbons (Fsp3) is 0.227. The summed E-state index contributed by atoms with van der Waals surface area (Å²) >= 11 is 6.01. The summed E-state index contributed by atoms with van der Waals surface area (Å²) in [4.78, 5) is 10.8. The van der Waals surface area contributed by atoms with Gasteiger partial charge in [0.05, 0.1) is 11.2 Å². The Morgan fingerprint density at radius 2 is 1.81 bits per heavy atom. The van der Waals surface area contributed by atoms with Crippen molar-refractivity contribution in [3.63, 3.8) is 0 Å². The average molecular weight is 383 g/mol. The second-order valence-electron chi connectivity index (χ2n) is 7.03. The Bertz CT molecular complexity index is 945. The van der Waals surface area contributed by atoms with Gasteiger partial charge in [0.15, 0.2) is 0 Å². The molecule has 27 heavy (non-hydrogen) atoms. The summed E-state index contributed by atoms with van der Waals surface area (Å²) in [5, 5.41) is 2.61. The van der Waals surface area contributed by atoms with Crippen LogP contribution in [-0.4, -0.2) is 17.1 Å². The molecule has 0 spiro atoms. The molecule has 5 heteroatoms. The van der Waals surface area contributed by atoms with Crippen LogP contribution in [0.4, 0.5) is 4.39 Å². The lowest BCUT2D eigenvalue weighted by molar-refractivity contribution is -0.169. The van der Waals surface area contributed by atoms with Gasteiger partial charge in [0, 0.05) is 35.8 Å². The maximum atomic E-state index is 13.4. The molecular weight excluding hydrogens is 363 g/mol. The van der Waals surface area contributed by atoms with Crippen molar-refractivity contribution in [2.24, 2.45) is 0 Å². The van der Waals surface area contributed by atoms with E-state index in [4.69, 9.17) is 16.4 Å². The van der Waals surface area contributed by atoms with Gasteiger partial charge in [-0.1, -0.05) is 29.8 Å². The Kier molecular flexibility index (Phi) is 4.72. The number of aromatic nitrogens is 1. The van der Waals surface area contributed by atoms with E-state index < -0.39 is 0 Å². The van der Waals surface area contributed by atoms with Crippen molar-refractivity contribution in [3.8, 4) is 11.3 Å². The van der Waals surface area contributed by atoms with Gasteiger partial charge in [-0.2, -0.15) is 5.06 Å². The largest absolute Gasteiger partial charge is 0.290 e. The van der Waals surface area contributed by atoms with Crippen LogP contribution < -0.4 is 0 Å². The first-order valence-corrected chi connectivity index (χ1v) is 9.23. The summed E-state index contributed by atoms with van der Waals surface area (Å²) in [6.45, 7) is 2.15. The van der Waals surface area contributed by atoms with E-state index in [-0.39, 0.29) is 17.5 Å². The number of pyridine rings is 1. The second-order valence-corrected chi connectivity index (χ2v) is 7.46. The third-order valence-corrected chi connectivity index (χ3v) is 5.56. The molecule has 2 atom stereocenters. The third kappa shape index (κ3) is 3.36. The molecule has 2 unspecified atom stereocenters. The topological polar surface area (TPSA) is 25.4 Å². The van der Waals surface area contributed by atoms with E-state index in [1.54, 1.807) is 18.3 Å². The van der Waals surface area contributed by atoms with Gasteiger partial charge >= 0.3 is 0 Å². The van der Waals surface area contributed by atoms with Crippen molar-refractivity contribution in [2.45, 2.75) is 25.0 Å².